The van der Waals surface area contributed by atoms with Crippen molar-refractivity contribution in [3.8, 4) is 0 Å². The Hall–Kier alpha value is -2.38. The predicted octanol–water partition coefficient (Wildman–Crippen LogP) is -1.28. The molecule has 0 radical (unpaired) electrons. The van der Waals surface area contributed by atoms with Crippen molar-refractivity contribution in [3.63, 3.8) is 0 Å². The molecule has 0 fully saturated rings. The summed E-state index contributed by atoms with van der Waals surface area (Å²) in [7, 11) is 0. The first kappa shape index (κ1) is 13.7. The largest absolute Gasteiger partial charge is 0.480 e. The van der Waals surface area contributed by atoms with E-state index in [1.54, 1.807) is 12.3 Å². The summed E-state index contributed by atoms with van der Waals surface area (Å²) in [5.74, 6) is -2.30. The lowest BCUT2D eigenvalue weighted by molar-refractivity contribution is -0.142. The van der Waals surface area contributed by atoms with Crippen LogP contribution in [0.15, 0.2) is 18.5 Å². The third kappa shape index (κ3) is 4.64. The van der Waals surface area contributed by atoms with Crippen LogP contribution in [0, 0.1) is 0 Å². The van der Waals surface area contributed by atoms with Gasteiger partial charge in [-0.25, -0.2) is 4.79 Å². The van der Waals surface area contributed by atoms with Crippen molar-refractivity contribution in [2.75, 3.05) is 0 Å². The van der Waals surface area contributed by atoms with Crippen molar-refractivity contribution < 1.29 is 19.5 Å². The van der Waals surface area contributed by atoms with Crippen LogP contribution in [-0.2, 0) is 20.9 Å². The molecule has 0 saturated heterocycles. The first-order valence-corrected chi connectivity index (χ1v) is 5.27. The van der Waals surface area contributed by atoms with Crippen molar-refractivity contribution in [3.05, 3.63) is 18.5 Å². The van der Waals surface area contributed by atoms with E-state index < -0.39 is 23.8 Å². The molecular formula is C10H14N4O4. The van der Waals surface area contributed by atoms with Crippen LogP contribution in [-0.4, -0.2) is 38.7 Å². The maximum atomic E-state index is 11.5. The lowest BCUT2D eigenvalue weighted by atomic mass is 10.1. The molecule has 2 amide bonds. The minimum Gasteiger partial charge on any atom is -0.480 e. The lowest BCUT2D eigenvalue weighted by Crippen LogP contribution is -2.42. The van der Waals surface area contributed by atoms with Crippen LogP contribution in [0.3, 0.4) is 0 Å². The standard InChI is InChI=1S/C10H14N4O4/c11-8(15)3-2-7(10(17)18)13-9(16)6-14-5-1-4-12-14/h1,4-5,7H,2-3,6H2,(H2,11,15)(H,13,16)(H,17,18)/t7-/m1/s1. The number of hydrogen-bond donors (Lipinski definition) is 3. The van der Waals surface area contributed by atoms with Crippen LogP contribution in [0.4, 0.5) is 0 Å². The molecule has 0 aliphatic heterocycles. The van der Waals surface area contributed by atoms with E-state index in [9.17, 15) is 14.4 Å². The number of hydrogen-bond acceptors (Lipinski definition) is 4. The number of amides is 2. The number of nitrogens with two attached hydrogens (primary N) is 1. The van der Waals surface area contributed by atoms with Gasteiger partial charge in [0.15, 0.2) is 0 Å². The fourth-order valence-corrected chi connectivity index (χ4v) is 1.33. The molecule has 1 aromatic heterocycles. The second-order valence-electron chi connectivity index (χ2n) is 3.67. The number of rotatable bonds is 7. The van der Waals surface area contributed by atoms with E-state index in [4.69, 9.17) is 10.8 Å². The van der Waals surface area contributed by atoms with Gasteiger partial charge in [-0.3, -0.25) is 14.3 Å². The Labute approximate surface area is 103 Å². The zero-order chi connectivity index (χ0) is 13.5. The summed E-state index contributed by atoms with van der Waals surface area (Å²) < 4.78 is 1.36. The molecular weight excluding hydrogens is 240 g/mol. The number of primary amides is 1. The van der Waals surface area contributed by atoms with Gasteiger partial charge in [-0.05, 0) is 12.5 Å². The second kappa shape index (κ2) is 6.38. The van der Waals surface area contributed by atoms with Crippen LogP contribution in [0.25, 0.3) is 0 Å². The Morgan fingerprint density at radius 3 is 2.67 bits per heavy atom. The summed E-state index contributed by atoms with van der Waals surface area (Å²) >= 11 is 0. The molecule has 18 heavy (non-hydrogen) atoms. The number of aliphatic carboxylic acids is 1. The summed E-state index contributed by atoms with van der Waals surface area (Å²) in [5, 5.41) is 15.0. The molecule has 0 saturated carbocycles. The van der Waals surface area contributed by atoms with E-state index in [1.807, 2.05) is 0 Å². The van der Waals surface area contributed by atoms with Gasteiger partial charge in [0.05, 0.1) is 0 Å². The maximum Gasteiger partial charge on any atom is 0.326 e. The van der Waals surface area contributed by atoms with Crippen molar-refractivity contribution in [2.45, 2.75) is 25.4 Å². The molecule has 1 rings (SSSR count). The Morgan fingerprint density at radius 1 is 1.44 bits per heavy atom. The average Bonchev–Trinajstić information content (AvgIpc) is 2.76. The first-order chi connectivity index (χ1) is 8.49. The van der Waals surface area contributed by atoms with E-state index >= 15 is 0 Å². The molecule has 0 aliphatic rings. The van der Waals surface area contributed by atoms with Crippen molar-refractivity contribution in [2.24, 2.45) is 5.73 Å². The van der Waals surface area contributed by atoms with E-state index in [-0.39, 0.29) is 19.4 Å². The highest BCUT2D eigenvalue weighted by Crippen LogP contribution is 1.98. The number of nitrogens with one attached hydrogen (secondary N) is 1. The van der Waals surface area contributed by atoms with Gasteiger partial charge in [0, 0.05) is 18.8 Å². The molecule has 8 nitrogen and oxygen atoms in total. The molecule has 1 aromatic rings. The van der Waals surface area contributed by atoms with E-state index in [0.717, 1.165) is 0 Å². The Bertz CT molecular complexity index is 429. The summed E-state index contributed by atoms with van der Waals surface area (Å²) in [4.78, 5) is 33.0. The third-order valence-electron chi connectivity index (χ3n) is 2.18. The second-order valence-corrected chi connectivity index (χ2v) is 3.67. The monoisotopic (exact) mass is 254 g/mol. The molecule has 4 N–H and O–H groups in total. The highest BCUT2D eigenvalue weighted by Gasteiger charge is 2.20. The van der Waals surface area contributed by atoms with Crippen LogP contribution in [0.1, 0.15) is 12.8 Å². The third-order valence-corrected chi connectivity index (χ3v) is 2.18. The zero-order valence-corrected chi connectivity index (χ0v) is 9.57. The fraction of sp³-hybridized carbons (Fsp3) is 0.400. The summed E-state index contributed by atoms with van der Waals surface area (Å²) in [6, 6.07) is 0.523. The molecule has 8 heteroatoms. The van der Waals surface area contributed by atoms with E-state index in [2.05, 4.69) is 10.4 Å². The summed E-state index contributed by atoms with van der Waals surface area (Å²) in [6.45, 7) is -0.0760. The lowest BCUT2D eigenvalue weighted by Gasteiger charge is -2.13. The van der Waals surface area contributed by atoms with Gasteiger partial charge < -0.3 is 16.2 Å². The number of aromatic nitrogens is 2. The summed E-state index contributed by atoms with van der Waals surface area (Å²) in [5.41, 5.74) is 4.92. The van der Waals surface area contributed by atoms with Gasteiger partial charge in [0.25, 0.3) is 0 Å². The Morgan fingerprint density at radius 2 is 2.17 bits per heavy atom. The van der Waals surface area contributed by atoms with Gasteiger partial charge >= 0.3 is 5.97 Å². The fourth-order valence-electron chi connectivity index (χ4n) is 1.33. The minimum atomic E-state index is -1.20. The number of carboxylic acid groups (broad SMARTS) is 1. The van der Waals surface area contributed by atoms with E-state index in [0.29, 0.717) is 0 Å². The zero-order valence-electron chi connectivity index (χ0n) is 9.57. The summed E-state index contributed by atoms with van der Waals surface area (Å²) in [6.07, 6.45) is 2.96. The van der Waals surface area contributed by atoms with Gasteiger partial charge in [-0.2, -0.15) is 5.10 Å². The van der Waals surface area contributed by atoms with Gasteiger partial charge in [-0.15, -0.1) is 0 Å². The quantitative estimate of drug-likeness (QED) is 0.558. The first-order valence-electron chi connectivity index (χ1n) is 5.27. The number of nitrogens with zero attached hydrogens (tertiary/aromatic N) is 2. The molecule has 0 unspecified atom stereocenters. The van der Waals surface area contributed by atoms with Gasteiger partial charge in [-0.1, -0.05) is 0 Å². The van der Waals surface area contributed by atoms with Crippen LogP contribution < -0.4 is 11.1 Å². The molecule has 0 spiro atoms. The van der Waals surface area contributed by atoms with E-state index in [1.165, 1.54) is 10.9 Å². The van der Waals surface area contributed by atoms with Gasteiger partial charge in [0.1, 0.15) is 12.6 Å². The molecule has 0 bridgehead atoms. The highest BCUT2D eigenvalue weighted by molar-refractivity contribution is 5.84. The van der Waals surface area contributed by atoms with Gasteiger partial charge in [0.2, 0.25) is 11.8 Å². The Balaban J connectivity index is 2.47. The SMILES string of the molecule is NC(=O)CC[C@@H](NC(=O)Cn1cccn1)C(=O)O. The van der Waals surface area contributed by atoms with Crippen molar-refractivity contribution >= 4 is 17.8 Å². The predicted molar refractivity (Wildman–Crippen MR) is 60.2 cm³/mol. The minimum absolute atomic E-state index is 0.0322. The average molecular weight is 254 g/mol. The van der Waals surface area contributed by atoms with Crippen LogP contribution in [0.2, 0.25) is 0 Å². The number of carboxylic acids is 1. The van der Waals surface area contributed by atoms with Crippen LogP contribution in [0.5, 0.6) is 0 Å². The highest BCUT2D eigenvalue weighted by atomic mass is 16.4. The molecule has 98 valence electrons. The molecule has 0 aliphatic carbocycles. The molecule has 1 heterocycles. The Kier molecular flexibility index (Phi) is 4.85. The van der Waals surface area contributed by atoms with Crippen molar-refractivity contribution in [1.29, 1.82) is 0 Å². The number of carbonyl (C=O) groups is 3. The molecule has 1 atom stereocenters. The molecule has 0 aromatic carbocycles. The van der Waals surface area contributed by atoms with Crippen LogP contribution >= 0.6 is 0 Å². The normalized spacial score (nSPS) is 11.8. The number of carbonyl (C=O) groups excluding carboxylic acids is 2. The van der Waals surface area contributed by atoms with Crippen molar-refractivity contribution in [1.82, 2.24) is 15.1 Å². The smallest absolute Gasteiger partial charge is 0.326 e. The topological polar surface area (TPSA) is 127 Å². The maximum absolute atomic E-state index is 11.5.